The van der Waals surface area contributed by atoms with Crippen LogP contribution >= 0.6 is 0 Å². The minimum absolute atomic E-state index is 0.685. The second kappa shape index (κ2) is 9.87. The lowest BCUT2D eigenvalue weighted by molar-refractivity contribution is 0.785. The number of rotatable bonds is 8. The number of fused-ring (bicyclic) bond motifs is 2. The van der Waals surface area contributed by atoms with Crippen LogP contribution in [0.3, 0.4) is 0 Å². The first-order valence-electron chi connectivity index (χ1n) is 11.7. The molecule has 0 spiro atoms. The molecule has 5 aromatic rings. The van der Waals surface area contributed by atoms with Crippen LogP contribution in [0.25, 0.3) is 50.3 Å². The second-order valence-electron chi connectivity index (χ2n) is 8.16. The van der Waals surface area contributed by atoms with E-state index >= 15 is 0 Å². The number of hydrogen-bond donors (Lipinski definition) is 3. The molecule has 5 rings (SSSR count). The van der Waals surface area contributed by atoms with Crippen LogP contribution in [0.4, 0.5) is 0 Å². The lowest BCUT2D eigenvalue weighted by Crippen LogP contribution is -2.15. The van der Waals surface area contributed by atoms with E-state index in [1.54, 1.807) is 18.6 Å². The summed E-state index contributed by atoms with van der Waals surface area (Å²) in [5, 5.41) is 12.1. The normalized spacial score (nSPS) is 12.5. The fraction of sp³-hybridized carbons (Fsp3) is 0.143. The van der Waals surface area contributed by atoms with Gasteiger partial charge < -0.3 is 10.3 Å². The number of aromatic nitrogens is 6. The van der Waals surface area contributed by atoms with Crippen molar-refractivity contribution in [1.82, 2.24) is 35.5 Å². The molecule has 0 saturated heterocycles. The van der Waals surface area contributed by atoms with Crippen molar-refractivity contribution in [3.63, 3.8) is 0 Å². The van der Waals surface area contributed by atoms with Crippen LogP contribution in [0.2, 0.25) is 0 Å². The van der Waals surface area contributed by atoms with Crippen molar-refractivity contribution in [2.45, 2.75) is 13.8 Å². The summed E-state index contributed by atoms with van der Waals surface area (Å²) in [4.78, 5) is 17.2. The molecule has 1 aromatic carbocycles. The molecule has 0 radical (unpaired) electrons. The lowest BCUT2D eigenvalue weighted by atomic mass is 10.0. The number of imidazole rings is 1. The average Bonchev–Trinajstić information content (AvgIpc) is 3.53. The molecule has 7 nitrogen and oxygen atoms in total. The molecule has 0 aliphatic heterocycles. The quantitative estimate of drug-likeness (QED) is 0.258. The molecular formula is C28H27N7. The van der Waals surface area contributed by atoms with E-state index in [0.717, 1.165) is 68.7 Å². The van der Waals surface area contributed by atoms with Gasteiger partial charge in [-0.05, 0) is 54.4 Å². The van der Waals surface area contributed by atoms with E-state index in [9.17, 15) is 0 Å². The largest absolute Gasteiger partial charge is 0.335 e. The second-order valence-corrected chi connectivity index (χ2v) is 8.16. The van der Waals surface area contributed by atoms with Crippen LogP contribution in [0.15, 0.2) is 85.4 Å². The number of nitrogens with one attached hydrogen (secondary N) is 3. The molecule has 0 bridgehead atoms. The van der Waals surface area contributed by atoms with E-state index < -0.39 is 0 Å². The maximum atomic E-state index is 4.91. The third-order valence-corrected chi connectivity index (χ3v) is 5.95. The van der Waals surface area contributed by atoms with E-state index in [2.05, 4.69) is 74.3 Å². The number of benzene rings is 1. The van der Waals surface area contributed by atoms with Crippen LogP contribution in [-0.4, -0.2) is 43.2 Å². The molecule has 174 valence electrons. The van der Waals surface area contributed by atoms with Gasteiger partial charge in [0.25, 0.3) is 0 Å². The van der Waals surface area contributed by atoms with Crippen molar-refractivity contribution in [3.8, 4) is 22.8 Å². The molecule has 0 amide bonds. The highest BCUT2D eigenvalue weighted by Gasteiger charge is 2.16. The lowest BCUT2D eigenvalue weighted by Gasteiger charge is -2.07. The van der Waals surface area contributed by atoms with E-state index in [4.69, 9.17) is 4.98 Å². The van der Waals surface area contributed by atoms with Gasteiger partial charge in [0.05, 0.1) is 22.9 Å². The molecule has 0 fully saturated rings. The van der Waals surface area contributed by atoms with Crippen molar-refractivity contribution in [1.29, 1.82) is 0 Å². The highest BCUT2D eigenvalue weighted by Crippen LogP contribution is 2.31. The minimum Gasteiger partial charge on any atom is -0.335 e. The Bertz CT molecular complexity index is 1550. The summed E-state index contributed by atoms with van der Waals surface area (Å²) in [6.45, 7) is 9.80. The first-order chi connectivity index (χ1) is 17.2. The maximum Gasteiger partial charge on any atom is 0.159 e. The smallest absolute Gasteiger partial charge is 0.159 e. The van der Waals surface area contributed by atoms with Crippen molar-refractivity contribution in [2.75, 3.05) is 13.1 Å². The summed E-state index contributed by atoms with van der Waals surface area (Å²) in [5.74, 6) is 0.685. The molecule has 3 N–H and O–H groups in total. The highest BCUT2D eigenvalue weighted by molar-refractivity contribution is 5.97. The molecular weight excluding hydrogens is 434 g/mol. The van der Waals surface area contributed by atoms with E-state index in [0.29, 0.717) is 5.82 Å². The van der Waals surface area contributed by atoms with E-state index in [1.165, 1.54) is 0 Å². The Morgan fingerprint density at radius 1 is 1.14 bits per heavy atom. The maximum absolute atomic E-state index is 4.91. The number of aromatic amines is 2. The van der Waals surface area contributed by atoms with Crippen molar-refractivity contribution < 1.29 is 0 Å². The first-order valence-corrected chi connectivity index (χ1v) is 11.7. The Morgan fingerprint density at radius 2 is 2.06 bits per heavy atom. The number of allylic oxidation sites excluding steroid dienone is 3. The Balaban J connectivity index is 1.58. The molecule has 4 aromatic heterocycles. The summed E-state index contributed by atoms with van der Waals surface area (Å²) >= 11 is 0. The number of nitrogens with zero attached hydrogens (tertiary/aromatic N) is 4. The zero-order chi connectivity index (χ0) is 24.2. The predicted molar refractivity (Wildman–Crippen MR) is 143 cm³/mol. The van der Waals surface area contributed by atoms with E-state index in [1.807, 2.05) is 31.2 Å². The van der Waals surface area contributed by atoms with Crippen molar-refractivity contribution in [3.05, 3.63) is 90.9 Å². The Morgan fingerprint density at radius 3 is 2.83 bits per heavy atom. The Hall–Kier alpha value is -4.36. The summed E-state index contributed by atoms with van der Waals surface area (Å²) in [6, 6.07) is 12.1. The summed E-state index contributed by atoms with van der Waals surface area (Å²) in [6.07, 6.45) is 11.5. The standard InChI is InChI=1S/C28H27N7/c1-4-18(15-29-6-3)13-19(5-2)20-10-11-24-21(14-20)27(35-34-24)28-32-25-17-30-16-22(26(25)33-28)23-9-7-8-12-31-23/h4-5,7-14,16-17,29H,1,6,15H2,2-3H3,(H,32,33)(H,34,35)/b18-13+,19-5+. The third kappa shape index (κ3) is 4.41. The van der Waals surface area contributed by atoms with Crippen LogP contribution in [0.5, 0.6) is 0 Å². The molecule has 4 heterocycles. The average molecular weight is 462 g/mol. The Kier molecular flexibility index (Phi) is 6.32. The first kappa shape index (κ1) is 22.4. The molecule has 0 unspecified atom stereocenters. The molecule has 7 heteroatoms. The van der Waals surface area contributed by atoms with Crippen molar-refractivity contribution in [2.24, 2.45) is 0 Å². The van der Waals surface area contributed by atoms with Gasteiger partial charge in [0.1, 0.15) is 11.2 Å². The third-order valence-electron chi connectivity index (χ3n) is 5.95. The Labute approximate surface area is 203 Å². The number of H-pyrrole nitrogens is 2. The molecule has 0 aliphatic carbocycles. The van der Waals surface area contributed by atoms with Gasteiger partial charge in [-0.3, -0.25) is 15.1 Å². The zero-order valence-electron chi connectivity index (χ0n) is 19.8. The predicted octanol–water partition coefficient (Wildman–Crippen LogP) is 5.69. The SMILES string of the molecule is C=C/C(=C\C(=C/C)c1ccc2[nH]nc(-c3nc4c(-c5ccccn5)cncc4[nH]3)c2c1)CNCC. The van der Waals surface area contributed by atoms with Gasteiger partial charge in [-0.1, -0.05) is 43.9 Å². The van der Waals surface area contributed by atoms with Crippen LogP contribution in [0, 0.1) is 0 Å². The van der Waals surface area contributed by atoms with Crippen LogP contribution in [-0.2, 0) is 0 Å². The van der Waals surface area contributed by atoms with Gasteiger partial charge in [0.15, 0.2) is 5.82 Å². The molecule has 35 heavy (non-hydrogen) atoms. The van der Waals surface area contributed by atoms with E-state index in [-0.39, 0.29) is 0 Å². The summed E-state index contributed by atoms with van der Waals surface area (Å²) < 4.78 is 0. The molecule has 0 saturated carbocycles. The fourth-order valence-electron chi connectivity index (χ4n) is 4.11. The van der Waals surface area contributed by atoms with Gasteiger partial charge in [-0.2, -0.15) is 5.10 Å². The number of likely N-dealkylation sites (N-methyl/N-ethyl adjacent to an activating group) is 1. The fourth-order valence-corrected chi connectivity index (χ4v) is 4.11. The minimum atomic E-state index is 0.685. The highest BCUT2D eigenvalue weighted by atomic mass is 15.1. The van der Waals surface area contributed by atoms with Gasteiger partial charge in [0.2, 0.25) is 0 Å². The van der Waals surface area contributed by atoms with Gasteiger partial charge in [-0.25, -0.2) is 4.98 Å². The number of hydrogen-bond acceptors (Lipinski definition) is 5. The zero-order valence-corrected chi connectivity index (χ0v) is 19.8. The molecule has 0 aliphatic rings. The summed E-state index contributed by atoms with van der Waals surface area (Å²) in [5.41, 5.74) is 8.44. The van der Waals surface area contributed by atoms with Gasteiger partial charge in [0, 0.05) is 29.9 Å². The topological polar surface area (TPSA) is 95.2 Å². The number of pyridine rings is 2. The van der Waals surface area contributed by atoms with Crippen LogP contribution in [0.1, 0.15) is 19.4 Å². The van der Waals surface area contributed by atoms with Gasteiger partial charge in [-0.15, -0.1) is 0 Å². The molecule has 0 atom stereocenters. The van der Waals surface area contributed by atoms with Gasteiger partial charge >= 0.3 is 0 Å². The summed E-state index contributed by atoms with van der Waals surface area (Å²) in [7, 11) is 0. The van der Waals surface area contributed by atoms with Crippen LogP contribution < -0.4 is 5.32 Å². The van der Waals surface area contributed by atoms with Crippen molar-refractivity contribution >= 4 is 27.5 Å². The monoisotopic (exact) mass is 461 g/mol.